The molecule has 21 heavy (non-hydrogen) atoms. The van der Waals surface area contributed by atoms with Crippen LogP contribution in [0.4, 0.5) is 0 Å². The number of nitrogens with one attached hydrogen (secondary N) is 1. The second-order valence-corrected chi connectivity index (χ2v) is 5.81. The van der Waals surface area contributed by atoms with Crippen molar-refractivity contribution in [2.45, 2.75) is 46.6 Å². The van der Waals surface area contributed by atoms with Crippen molar-refractivity contribution < 1.29 is 0 Å². The van der Waals surface area contributed by atoms with Crippen LogP contribution < -0.4 is 5.32 Å². The zero-order valence-corrected chi connectivity index (χ0v) is 14.0. The third-order valence-electron chi connectivity index (χ3n) is 4.46. The molecule has 2 rings (SSSR count). The van der Waals surface area contributed by atoms with E-state index in [9.17, 15) is 0 Å². The Morgan fingerprint density at radius 1 is 0.905 bits per heavy atom. The molecule has 0 aromatic heterocycles. The van der Waals surface area contributed by atoms with Gasteiger partial charge >= 0.3 is 0 Å². The molecule has 112 valence electrons. The Morgan fingerprint density at radius 3 is 2.24 bits per heavy atom. The quantitative estimate of drug-likeness (QED) is 0.835. The molecular weight excluding hydrogens is 254 g/mol. The number of benzene rings is 2. The summed E-state index contributed by atoms with van der Waals surface area (Å²) in [5.41, 5.74) is 8.33. The average molecular weight is 281 g/mol. The molecule has 0 aliphatic carbocycles. The van der Waals surface area contributed by atoms with Crippen LogP contribution in [0.15, 0.2) is 36.4 Å². The van der Waals surface area contributed by atoms with Crippen LogP contribution in [-0.4, -0.2) is 7.05 Å². The van der Waals surface area contributed by atoms with Crippen LogP contribution in [0.2, 0.25) is 0 Å². The maximum Gasteiger partial charge on any atom is 0.0577 e. The summed E-state index contributed by atoms with van der Waals surface area (Å²) in [6.45, 7) is 8.81. The fourth-order valence-electron chi connectivity index (χ4n) is 2.90. The normalized spacial score (nSPS) is 12.4. The van der Waals surface area contributed by atoms with Crippen molar-refractivity contribution in [3.05, 3.63) is 69.8 Å². The van der Waals surface area contributed by atoms with E-state index in [0.717, 1.165) is 12.8 Å². The van der Waals surface area contributed by atoms with Crippen molar-refractivity contribution in [2.75, 3.05) is 7.05 Å². The van der Waals surface area contributed by atoms with E-state index in [-0.39, 0.29) is 6.04 Å². The Bertz CT molecular complexity index is 613. The molecule has 0 fully saturated rings. The second-order valence-electron chi connectivity index (χ2n) is 5.81. The lowest BCUT2D eigenvalue weighted by atomic mass is 9.90. The number of rotatable bonds is 5. The van der Waals surface area contributed by atoms with Gasteiger partial charge in [-0.15, -0.1) is 0 Å². The van der Waals surface area contributed by atoms with E-state index in [0.29, 0.717) is 0 Å². The van der Waals surface area contributed by atoms with Gasteiger partial charge in [0, 0.05) is 0 Å². The van der Waals surface area contributed by atoms with Crippen LogP contribution in [-0.2, 0) is 12.8 Å². The summed E-state index contributed by atoms with van der Waals surface area (Å²) >= 11 is 0. The molecule has 1 atom stereocenters. The maximum absolute atomic E-state index is 3.51. The summed E-state index contributed by atoms with van der Waals surface area (Å²) in [6, 6.07) is 14.0. The molecule has 1 unspecified atom stereocenters. The Hall–Kier alpha value is -1.60. The predicted molar refractivity (Wildman–Crippen MR) is 92.0 cm³/mol. The van der Waals surface area contributed by atoms with Crippen molar-refractivity contribution in [1.29, 1.82) is 0 Å². The molecule has 1 heteroatoms. The number of hydrogen-bond acceptors (Lipinski definition) is 1. The molecule has 2 aromatic rings. The first-order valence-electron chi connectivity index (χ1n) is 7.96. The molecule has 0 heterocycles. The van der Waals surface area contributed by atoms with E-state index in [1.807, 2.05) is 0 Å². The molecule has 0 aliphatic rings. The highest BCUT2D eigenvalue weighted by atomic mass is 14.9. The molecule has 1 N–H and O–H groups in total. The highest BCUT2D eigenvalue weighted by Crippen LogP contribution is 2.28. The summed E-state index contributed by atoms with van der Waals surface area (Å²) in [5, 5.41) is 3.51. The summed E-state index contributed by atoms with van der Waals surface area (Å²) in [4.78, 5) is 0. The minimum absolute atomic E-state index is 0.269. The smallest absolute Gasteiger partial charge is 0.0577 e. The summed E-state index contributed by atoms with van der Waals surface area (Å²) in [7, 11) is 2.05. The van der Waals surface area contributed by atoms with Gasteiger partial charge < -0.3 is 5.32 Å². The molecule has 2 aromatic carbocycles. The molecule has 1 nitrogen and oxygen atoms in total. The Labute approximate surface area is 129 Å². The first kappa shape index (κ1) is 15.8. The third kappa shape index (κ3) is 3.36. The summed E-state index contributed by atoms with van der Waals surface area (Å²) in [6.07, 6.45) is 2.16. The van der Waals surface area contributed by atoms with E-state index in [1.54, 1.807) is 0 Å². The van der Waals surface area contributed by atoms with Gasteiger partial charge in [-0.3, -0.25) is 0 Å². The van der Waals surface area contributed by atoms with Gasteiger partial charge in [0.05, 0.1) is 6.04 Å². The van der Waals surface area contributed by atoms with Gasteiger partial charge in [-0.05, 0) is 67.1 Å². The predicted octanol–water partition coefficient (Wildman–Crippen LogP) is 4.74. The van der Waals surface area contributed by atoms with Crippen LogP contribution >= 0.6 is 0 Å². The van der Waals surface area contributed by atoms with Crippen molar-refractivity contribution in [2.24, 2.45) is 0 Å². The van der Waals surface area contributed by atoms with Crippen LogP contribution in [0.5, 0.6) is 0 Å². The molecule has 0 bridgehead atoms. The van der Waals surface area contributed by atoms with Crippen molar-refractivity contribution in [3.8, 4) is 0 Å². The molecular formula is C20H27N. The van der Waals surface area contributed by atoms with Crippen molar-refractivity contribution >= 4 is 0 Å². The van der Waals surface area contributed by atoms with E-state index in [2.05, 4.69) is 76.5 Å². The Morgan fingerprint density at radius 2 is 1.67 bits per heavy atom. The molecule has 0 amide bonds. The Kier molecular flexibility index (Phi) is 5.19. The maximum atomic E-state index is 3.51. The van der Waals surface area contributed by atoms with E-state index in [1.165, 1.54) is 33.4 Å². The molecule has 0 aliphatic heterocycles. The van der Waals surface area contributed by atoms with Gasteiger partial charge in [0.2, 0.25) is 0 Å². The highest BCUT2D eigenvalue weighted by molar-refractivity contribution is 5.42. The van der Waals surface area contributed by atoms with Crippen LogP contribution in [0, 0.1) is 13.8 Å². The minimum atomic E-state index is 0.269. The third-order valence-corrected chi connectivity index (χ3v) is 4.46. The first-order valence-corrected chi connectivity index (χ1v) is 7.96. The van der Waals surface area contributed by atoms with Crippen LogP contribution in [0.25, 0.3) is 0 Å². The van der Waals surface area contributed by atoms with Crippen LogP contribution in [0.1, 0.15) is 53.3 Å². The van der Waals surface area contributed by atoms with Crippen molar-refractivity contribution in [3.63, 3.8) is 0 Å². The number of hydrogen-bond donors (Lipinski definition) is 1. The zero-order valence-electron chi connectivity index (χ0n) is 14.0. The lowest BCUT2D eigenvalue weighted by molar-refractivity contribution is 0.682. The largest absolute Gasteiger partial charge is 0.309 e. The van der Waals surface area contributed by atoms with Gasteiger partial charge in [0.25, 0.3) is 0 Å². The first-order chi connectivity index (χ1) is 10.1. The minimum Gasteiger partial charge on any atom is -0.309 e. The summed E-state index contributed by atoms with van der Waals surface area (Å²) in [5.74, 6) is 0. The lowest BCUT2D eigenvalue weighted by Gasteiger charge is -2.22. The fourth-order valence-corrected chi connectivity index (χ4v) is 2.90. The standard InChI is InChI=1S/C20H27N/c1-6-16-9-11-17(7-2)19(13-16)20(21-5)18-10-8-14(3)15(4)12-18/h8-13,20-21H,6-7H2,1-5H3. The van der Waals surface area contributed by atoms with Gasteiger partial charge in [-0.2, -0.15) is 0 Å². The van der Waals surface area contributed by atoms with Crippen LogP contribution in [0.3, 0.4) is 0 Å². The fraction of sp³-hybridized carbons (Fsp3) is 0.400. The molecule has 0 saturated carbocycles. The molecule has 0 saturated heterocycles. The zero-order chi connectivity index (χ0) is 15.4. The monoisotopic (exact) mass is 281 g/mol. The topological polar surface area (TPSA) is 12.0 Å². The average Bonchev–Trinajstić information content (AvgIpc) is 2.51. The van der Waals surface area contributed by atoms with Gasteiger partial charge in [-0.1, -0.05) is 50.2 Å². The van der Waals surface area contributed by atoms with Gasteiger partial charge in [-0.25, -0.2) is 0 Å². The van der Waals surface area contributed by atoms with E-state index < -0.39 is 0 Å². The second kappa shape index (κ2) is 6.91. The number of aryl methyl sites for hydroxylation is 4. The lowest BCUT2D eigenvalue weighted by Crippen LogP contribution is -2.19. The van der Waals surface area contributed by atoms with E-state index in [4.69, 9.17) is 0 Å². The summed E-state index contributed by atoms with van der Waals surface area (Å²) < 4.78 is 0. The van der Waals surface area contributed by atoms with Crippen molar-refractivity contribution in [1.82, 2.24) is 5.32 Å². The van der Waals surface area contributed by atoms with E-state index >= 15 is 0 Å². The molecule has 0 spiro atoms. The Balaban J connectivity index is 2.51. The highest BCUT2D eigenvalue weighted by Gasteiger charge is 2.16. The molecule has 0 radical (unpaired) electrons. The van der Waals surface area contributed by atoms with Gasteiger partial charge in [0.1, 0.15) is 0 Å². The SMILES string of the molecule is CCc1ccc(CC)c(C(NC)c2ccc(C)c(C)c2)c1. The van der Waals surface area contributed by atoms with Gasteiger partial charge in [0.15, 0.2) is 0 Å².